The van der Waals surface area contributed by atoms with E-state index in [9.17, 15) is 4.79 Å². The highest BCUT2D eigenvalue weighted by molar-refractivity contribution is 5.90. The summed E-state index contributed by atoms with van der Waals surface area (Å²) in [6.07, 6.45) is 2.68. The van der Waals surface area contributed by atoms with Crippen LogP contribution in [0.3, 0.4) is 0 Å². The van der Waals surface area contributed by atoms with E-state index in [0.29, 0.717) is 12.3 Å². The summed E-state index contributed by atoms with van der Waals surface area (Å²) in [6.45, 7) is 8.78. The largest absolute Gasteiger partial charge is 0.494 e. The van der Waals surface area contributed by atoms with E-state index in [1.807, 2.05) is 26.0 Å². The lowest BCUT2D eigenvalue weighted by molar-refractivity contribution is 0.252. The van der Waals surface area contributed by atoms with Gasteiger partial charge in [-0.3, -0.25) is 0 Å². The van der Waals surface area contributed by atoms with Gasteiger partial charge in [-0.25, -0.2) is 10.2 Å². The van der Waals surface area contributed by atoms with E-state index in [2.05, 4.69) is 64.6 Å². The van der Waals surface area contributed by atoms with Gasteiger partial charge in [0.1, 0.15) is 5.75 Å². The molecule has 0 atom stereocenters. The highest BCUT2D eigenvalue weighted by atomic mass is 16.5. The summed E-state index contributed by atoms with van der Waals surface area (Å²) < 4.78 is 7.57. The van der Waals surface area contributed by atoms with Crippen molar-refractivity contribution in [3.05, 3.63) is 77.1 Å². The van der Waals surface area contributed by atoms with Gasteiger partial charge in [0.05, 0.1) is 12.8 Å². The zero-order valence-electron chi connectivity index (χ0n) is 17.9. The van der Waals surface area contributed by atoms with Crippen molar-refractivity contribution in [2.75, 3.05) is 11.9 Å². The lowest BCUT2D eigenvalue weighted by atomic mass is 10.1. The Hall–Kier alpha value is -3.54. The number of nitrogens with one attached hydrogen (secondary N) is 2. The Morgan fingerprint density at radius 3 is 2.40 bits per heavy atom. The van der Waals surface area contributed by atoms with E-state index >= 15 is 0 Å². The minimum Gasteiger partial charge on any atom is -0.494 e. The van der Waals surface area contributed by atoms with Crippen molar-refractivity contribution < 1.29 is 9.53 Å². The van der Waals surface area contributed by atoms with Gasteiger partial charge in [0.25, 0.3) is 0 Å². The number of benzene rings is 2. The van der Waals surface area contributed by atoms with Gasteiger partial charge >= 0.3 is 6.03 Å². The van der Waals surface area contributed by atoms with E-state index in [-0.39, 0.29) is 0 Å². The van der Waals surface area contributed by atoms with Crippen LogP contribution >= 0.6 is 0 Å². The smallest absolute Gasteiger partial charge is 0.339 e. The molecule has 0 aliphatic carbocycles. The topological polar surface area (TPSA) is 67.7 Å². The van der Waals surface area contributed by atoms with Crippen molar-refractivity contribution in [1.82, 2.24) is 9.99 Å². The standard InChI is InChI=1S/C24H28N4O2/c1-5-19-7-11-22(12-8-19)28-17(3)15-20(18(28)4)16-25-27-24(29)26-21-9-13-23(14-10-21)30-6-2/h7-16H,5-6H2,1-4H3,(H2,26,27,29)/b25-16+. The van der Waals surface area contributed by atoms with Crippen molar-refractivity contribution in [2.24, 2.45) is 5.10 Å². The number of hydrazone groups is 1. The molecule has 6 nitrogen and oxygen atoms in total. The van der Waals surface area contributed by atoms with Gasteiger partial charge in [0.2, 0.25) is 0 Å². The van der Waals surface area contributed by atoms with E-state index in [4.69, 9.17) is 4.74 Å². The molecule has 1 aromatic heterocycles. The number of amides is 2. The van der Waals surface area contributed by atoms with Crippen LogP contribution in [0.5, 0.6) is 5.75 Å². The minimum absolute atomic E-state index is 0.403. The first kappa shape index (κ1) is 21.2. The average Bonchev–Trinajstić information content (AvgIpc) is 3.03. The van der Waals surface area contributed by atoms with Crippen LogP contribution in [0.1, 0.15) is 36.4 Å². The predicted octanol–water partition coefficient (Wildman–Crippen LogP) is 5.21. The molecule has 0 aliphatic heterocycles. The molecule has 0 fully saturated rings. The fourth-order valence-electron chi connectivity index (χ4n) is 3.32. The van der Waals surface area contributed by atoms with Crippen molar-refractivity contribution in [3.8, 4) is 11.4 Å². The van der Waals surface area contributed by atoms with E-state index in [1.54, 1.807) is 18.3 Å². The molecule has 3 rings (SSSR count). The first-order valence-electron chi connectivity index (χ1n) is 10.1. The number of nitrogens with zero attached hydrogens (tertiary/aromatic N) is 2. The highest BCUT2D eigenvalue weighted by Gasteiger charge is 2.09. The molecular formula is C24H28N4O2. The van der Waals surface area contributed by atoms with Gasteiger partial charge in [0.15, 0.2) is 0 Å². The van der Waals surface area contributed by atoms with Crippen LogP contribution in [0.2, 0.25) is 0 Å². The zero-order chi connectivity index (χ0) is 21.5. The second-order valence-corrected chi connectivity index (χ2v) is 6.96. The Balaban J connectivity index is 1.63. The van der Waals surface area contributed by atoms with E-state index in [0.717, 1.165) is 34.8 Å². The molecule has 1 heterocycles. The summed E-state index contributed by atoms with van der Waals surface area (Å²) >= 11 is 0. The van der Waals surface area contributed by atoms with Crippen LogP contribution in [-0.4, -0.2) is 23.4 Å². The predicted molar refractivity (Wildman–Crippen MR) is 122 cm³/mol. The van der Waals surface area contributed by atoms with Gasteiger partial charge in [0, 0.05) is 28.3 Å². The summed E-state index contributed by atoms with van der Waals surface area (Å²) in [7, 11) is 0. The Bertz CT molecular complexity index is 1020. The van der Waals surface area contributed by atoms with Gasteiger partial charge in [-0.05, 0) is 75.2 Å². The molecule has 2 N–H and O–H groups in total. The number of hydrogen-bond donors (Lipinski definition) is 2. The second-order valence-electron chi connectivity index (χ2n) is 6.96. The fourth-order valence-corrected chi connectivity index (χ4v) is 3.32. The third-order valence-corrected chi connectivity index (χ3v) is 4.87. The molecule has 0 unspecified atom stereocenters. The number of urea groups is 1. The monoisotopic (exact) mass is 404 g/mol. The van der Waals surface area contributed by atoms with Crippen LogP contribution in [0.4, 0.5) is 10.5 Å². The van der Waals surface area contributed by atoms with Crippen molar-refractivity contribution in [2.45, 2.75) is 34.1 Å². The molecule has 30 heavy (non-hydrogen) atoms. The normalized spacial score (nSPS) is 10.9. The van der Waals surface area contributed by atoms with Gasteiger partial charge in [-0.2, -0.15) is 5.10 Å². The number of rotatable bonds is 7. The van der Waals surface area contributed by atoms with Crippen LogP contribution in [0.15, 0.2) is 59.7 Å². The van der Waals surface area contributed by atoms with Crippen LogP contribution in [-0.2, 0) is 6.42 Å². The fraction of sp³-hybridized carbons (Fsp3) is 0.250. The second kappa shape index (κ2) is 9.78. The molecule has 3 aromatic rings. The number of aromatic nitrogens is 1. The number of carbonyl (C=O) groups excluding carboxylic acids is 1. The Kier molecular flexibility index (Phi) is 6.91. The third-order valence-electron chi connectivity index (χ3n) is 4.87. The maximum absolute atomic E-state index is 12.1. The number of ether oxygens (including phenoxy) is 1. The quantitative estimate of drug-likeness (QED) is 0.419. The Labute approximate surface area is 177 Å². The zero-order valence-corrected chi connectivity index (χ0v) is 17.9. The van der Waals surface area contributed by atoms with Gasteiger partial charge < -0.3 is 14.6 Å². The lowest BCUT2D eigenvalue weighted by Crippen LogP contribution is -2.24. The summed E-state index contributed by atoms with van der Waals surface area (Å²) in [5.41, 5.74) is 8.73. The van der Waals surface area contributed by atoms with Gasteiger partial charge in [-0.1, -0.05) is 19.1 Å². The SMILES string of the molecule is CCOc1ccc(NC(=O)N/N=C/c2cc(C)n(-c3ccc(CC)cc3)c2C)cc1. The summed E-state index contributed by atoms with van der Waals surface area (Å²) in [5, 5.41) is 6.84. The molecule has 0 spiro atoms. The summed E-state index contributed by atoms with van der Waals surface area (Å²) in [5.74, 6) is 0.765. The molecule has 0 saturated carbocycles. The Morgan fingerprint density at radius 1 is 1.07 bits per heavy atom. The molecule has 0 aliphatic rings. The molecule has 156 valence electrons. The molecule has 0 saturated heterocycles. The number of carbonyl (C=O) groups is 1. The third kappa shape index (κ3) is 5.08. The maximum atomic E-state index is 12.1. The van der Waals surface area contributed by atoms with E-state index in [1.165, 1.54) is 5.56 Å². The Morgan fingerprint density at radius 2 is 1.77 bits per heavy atom. The van der Waals surface area contributed by atoms with Gasteiger partial charge in [-0.15, -0.1) is 0 Å². The van der Waals surface area contributed by atoms with Crippen LogP contribution < -0.4 is 15.5 Å². The lowest BCUT2D eigenvalue weighted by Gasteiger charge is -2.10. The van der Waals surface area contributed by atoms with Crippen molar-refractivity contribution in [1.29, 1.82) is 0 Å². The summed E-state index contributed by atoms with van der Waals surface area (Å²) in [4.78, 5) is 12.1. The maximum Gasteiger partial charge on any atom is 0.339 e. The summed E-state index contributed by atoms with van der Waals surface area (Å²) in [6, 6.07) is 17.4. The first-order valence-corrected chi connectivity index (χ1v) is 10.1. The van der Waals surface area contributed by atoms with Crippen LogP contribution in [0, 0.1) is 13.8 Å². The minimum atomic E-state index is -0.403. The van der Waals surface area contributed by atoms with Crippen molar-refractivity contribution >= 4 is 17.9 Å². The molecular weight excluding hydrogens is 376 g/mol. The molecule has 6 heteroatoms. The molecule has 0 bridgehead atoms. The number of anilines is 1. The highest BCUT2D eigenvalue weighted by Crippen LogP contribution is 2.20. The van der Waals surface area contributed by atoms with Crippen molar-refractivity contribution in [3.63, 3.8) is 0 Å². The molecule has 2 amide bonds. The molecule has 2 aromatic carbocycles. The average molecular weight is 405 g/mol. The number of hydrogen-bond acceptors (Lipinski definition) is 3. The van der Waals surface area contributed by atoms with Crippen LogP contribution in [0.25, 0.3) is 5.69 Å². The molecule has 0 radical (unpaired) electrons. The van der Waals surface area contributed by atoms with E-state index < -0.39 is 6.03 Å². The number of aryl methyl sites for hydroxylation is 2. The first-order chi connectivity index (χ1) is 14.5.